The summed E-state index contributed by atoms with van der Waals surface area (Å²) in [5.41, 5.74) is 0.988. The number of halogens is 1. The molecule has 152 valence electrons. The molecule has 1 N–H and O–H groups in total. The molecule has 1 aliphatic rings. The van der Waals surface area contributed by atoms with Gasteiger partial charge in [-0.3, -0.25) is 4.99 Å². The number of piperidine rings is 1. The molecule has 0 atom stereocenters. The van der Waals surface area contributed by atoms with Crippen molar-refractivity contribution in [3.05, 3.63) is 35.6 Å². The van der Waals surface area contributed by atoms with E-state index in [1.165, 1.54) is 12.1 Å². The van der Waals surface area contributed by atoms with Gasteiger partial charge in [-0.05, 0) is 37.0 Å². The Morgan fingerprint density at radius 3 is 2.48 bits per heavy atom. The zero-order valence-electron chi connectivity index (χ0n) is 17.1. The first-order valence-corrected chi connectivity index (χ1v) is 9.78. The van der Waals surface area contributed by atoms with Gasteiger partial charge in [0.2, 0.25) is 0 Å². The number of methoxy groups -OCH3 is 1. The van der Waals surface area contributed by atoms with E-state index in [0.717, 1.165) is 63.6 Å². The predicted molar refractivity (Wildman–Crippen MR) is 108 cm³/mol. The molecule has 0 bridgehead atoms. The molecule has 1 aromatic rings. The van der Waals surface area contributed by atoms with Crippen LogP contribution in [0, 0.1) is 5.82 Å². The standard InChI is InChI=1S/C21H34FN3O2/c1-21(2,17-6-8-18(22)9-7-17)16-24-20(23-3)25-12-10-19(11-13-25)27-15-5-14-26-4/h6-9,19H,5,10-16H2,1-4H3,(H,23,24). The molecule has 27 heavy (non-hydrogen) atoms. The highest BCUT2D eigenvalue weighted by Crippen LogP contribution is 2.23. The molecular formula is C21H34FN3O2. The number of ether oxygens (including phenoxy) is 2. The van der Waals surface area contributed by atoms with Gasteiger partial charge in [0, 0.05) is 52.4 Å². The maximum Gasteiger partial charge on any atom is 0.193 e. The highest BCUT2D eigenvalue weighted by atomic mass is 19.1. The van der Waals surface area contributed by atoms with Crippen LogP contribution in [0.5, 0.6) is 0 Å². The van der Waals surface area contributed by atoms with Crippen molar-refractivity contribution < 1.29 is 13.9 Å². The average molecular weight is 380 g/mol. The van der Waals surface area contributed by atoms with Crippen molar-refractivity contribution in [2.75, 3.05) is 47.0 Å². The number of nitrogens with zero attached hydrogens (tertiary/aromatic N) is 2. The number of benzene rings is 1. The maximum absolute atomic E-state index is 13.2. The number of hydrogen-bond acceptors (Lipinski definition) is 3. The molecule has 1 heterocycles. The first kappa shape index (κ1) is 21.6. The molecule has 2 rings (SSSR count). The fourth-order valence-corrected chi connectivity index (χ4v) is 3.32. The summed E-state index contributed by atoms with van der Waals surface area (Å²) in [6.07, 6.45) is 3.29. The summed E-state index contributed by atoms with van der Waals surface area (Å²) in [4.78, 5) is 6.74. The molecule has 0 aromatic heterocycles. The van der Waals surface area contributed by atoms with E-state index in [0.29, 0.717) is 6.10 Å². The molecule has 0 amide bonds. The molecule has 6 heteroatoms. The van der Waals surface area contributed by atoms with Gasteiger partial charge in [0.25, 0.3) is 0 Å². The van der Waals surface area contributed by atoms with Gasteiger partial charge in [-0.15, -0.1) is 0 Å². The Morgan fingerprint density at radius 1 is 1.22 bits per heavy atom. The van der Waals surface area contributed by atoms with Gasteiger partial charge in [-0.25, -0.2) is 4.39 Å². The van der Waals surface area contributed by atoms with Crippen molar-refractivity contribution in [3.63, 3.8) is 0 Å². The van der Waals surface area contributed by atoms with Gasteiger partial charge < -0.3 is 19.7 Å². The lowest BCUT2D eigenvalue weighted by Gasteiger charge is -2.35. The van der Waals surface area contributed by atoms with Crippen molar-refractivity contribution >= 4 is 5.96 Å². The first-order valence-electron chi connectivity index (χ1n) is 9.78. The molecule has 0 radical (unpaired) electrons. The average Bonchev–Trinajstić information content (AvgIpc) is 2.67. The minimum atomic E-state index is -0.203. The highest BCUT2D eigenvalue weighted by molar-refractivity contribution is 5.80. The summed E-state index contributed by atoms with van der Waals surface area (Å²) >= 11 is 0. The van der Waals surface area contributed by atoms with Crippen molar-refractivity contribution in [2.45, 2.75) is 44.6 Å². The van der Waals surface area contributed by atoms with Gasteiger partial charge in [-0.1, -0.05) is 26.0 Å². The molecule has 1 saturated heterocycles. The van der Waals surface area contributed by atoms with Crippen LogP contribution in [-0.2, 0) is 14.9 Å². The minimum absolute atomic E-state index is 0.119. The fraction of sp³-hybridized carbons (Fsp3) is 0.667. The Hall–Kier alpha value is -1.66. The van der Waals surface area contributed by atoms with Crippen molar-refractivity contribution in [3.8, 4) is 0 Å². The second kappa shape index (κ2) is 10.6. The largest absolute Gasteiger partial charge is 0.385 e. The van der Waals surface area contributed by atoms with E-state index in [-0.39, 0.29) is 11.2 Å². The van der Waals surface area contributed by atoms with Gasteiger partial charge in [0.15, 0.2) is 5.96 Å². The first-order chi connectivity index (χ1) is 13.0. The monoisotopic (exact) mass is 379 g/mol. The van der Waals surface area contributed by atoms with E-state index in [1.807, 2.05) is 19.2 Å². The SMILES string of the molecule is CN=C(NCC(C)(C)c1ccc(F)cc1)N1CCC(OCCCOC)CC1. The van der Waals surface area contributed by atoms with Crippen LogP contribution in [0.4, 0.5) is 4.39 Å². The Labute approximate surface area is 162 Å². The Morgan fingerprint density at radius 2 is 1.89 bits per heavy atom. The summed E-state index contributed by atoms with van der Waals surface area (Å²) in [6.45, 7) is 8.42. The van der Waals surface area contributed by atoms with Crippen LogP contribution in [0.3, 0.4) is 0 Å². The fourth-order valence-electron chi connectivity index (χ4n) is 3.32. The Balaban J connectivity index is 1.79. The van der Waals surface area contributed by atoms with Gasteiger partial charge in [-0.2, -0.15) is 0 Å². The molecule has 5 nitrogen and oxygen atoms in total. The smallest absolute Gasteiger partial charge is 0.193 e. The number of hydrogen-bond donors (Lipinski definition) is 1. The van der Waals surface area contributed by atoms with E-state index >= 15 is 0 Å². The molecule has 1 aromatic carbocycles. The maximum atomic E-state index is 13.2. The lowest BCUT2D eigenvalue weighted by atomic mass is 9.84. The third-order valence-electron chi connectivity index (χ3n) is 5.11. The van der Waals surface area contributed by atoms with Crippen molar-refractivity contribution in [1.82, 2.24) is 10.2 Å². The third kappa shape index (κ3) is 6.78. The molecule has 1 aliphatic heterocycles. The highest BCUT2D eigenvalue weighted by Gasteiger charge is 2.25. The Bertz CT molecular complexity index is 582. The summed E-state index contributed by atoms with van der Waals surface area (Å²) in [7, 11) is 3.54. The van der Waals surface area contributed by atoms with Crippen LogP contribution in [0.2, 0.25) is 0 Å². The van der Waals surface area contributed by atoms with Crippen LogP contribution in [0.25, 0.3) is 0 Å². The Kier molecular flexibility index (Phi) is 8.51. The molecule has 0 unspecified atom stereocenters. The summed E-state index contributed by atoms with van der Waals surface area (Å²) < 4.78 is 24.2. The quantitative estimate of drug-likeness (QED) is 0.428. The number of nitrogens with one attached hydrogen (secondary N) is 1. The van der Waals surface area contributed by atoms with Crippen LogP contribution in [0.1, 0.15) is 38.7 Å². The second-order valence-electron chi connectivity index (χ2n) is 7.70. The van der Waals surface area contributed by atoms with E-state index in [4.69, 9.17) is 9.47 Å². The summed E-state index contributed by atoms with van der Waals surface area (Å²) in [5.74, 6) is 0.716. The van der Waals surface area contributed by atoms with Crippen LogP contribution >= 0.6 is 0 Å². The van der Waals surface area contributed by atoms with Crippen LogP contribution in [0.15, 0.2) is 29.3 Å². The molecule has 0 spiro atoms. The third-order valence-corrected chi connectivity index (χ3v) is 5.11. The van der Waals surface area contributed by atoms with Crippen molar-refractivity contribution in [2.24, 2.45) is 4.99 Å². The van der Waals surface area contributed by atoms with Gasteiger partial charge >= 0.3 is 0 Å². The lowest BCUT2D eigenvalue weighted by Crippen LogP contribution is -2.49. The second-order valence-corrected chi connectivity index (χ2v) is 7.70. The number of guanidine groups is 1. The lowest BCUT2D eigenvalue weighted by molar-refractivity contribution is 0.00987. The summed E-state index contributed by atoms with van der Waals surface area (Å²) in [5, 5.41) is 3.49. The molecular weight excluding hydrogens is 345 g/mol. The minimum Gasteiger partial charge on any atom is -0.385 e. The zero-order valence-corrected chi connectivity index (χ0v) is 17.1. The molecule has 0 aliphatic carbocycles. The number of rotatable bonds is 8. The predicted octanol–water partition coefficient (Wildman–Crippen LogP) is 3.20. The summed E-state index contributed by atoms with van der Waals surface area (Å²) in [6, 6.07) is 6.74. The van der Waals surface area contributed by atoms with Crippen molar-refractivity contribution in [1.29, 1.82) is 0 Å². The normalized spacial score (nSPS) is 16.6. The van der Waals surface area contributed by atoms with Gasteiger partial charge in [0.1, 0.15) is 5.82 Å². The van der Waals surface area contributed by atoms with E-state index in [9.17, 15) is 4.39 Å². The molecule has 1 fully saturated rings. The van der Waals surface area contributed by atoms with E-state index in [2.05, 4.69) is 29.1 Å². The molecule has 0 saturated carbocycles. The van der Waals surface area contributed by atoms with E-state index in [1.54, 1.807) is 7.11 Å². The van der Waals surface area contributed by atoms with Crippen LogP contribution < -0.4 is 5.32 Å². The number of aliphatic imine (C=N–C) groups is 1. The number of likely N-dealkylation sites (tertiary alicyclic amines) is 1. The van der Waals surface area contributed by atoms with Gasteiger partial charge in [0.05, 0.1) is 6.10 Å². The topological polar surface area (TPSA) is 46.1 Å². The van der Waals surface area contributed by atoms with Crippen LogP contribution in [-0.4, -0.2) is 64.0 Å². The van der Waals surface area contributed by atoms with E-state index < -0.39 is 0 Å². The zero-order chi connectivity index (χ0) is 19.7.